The average Bonchev–Trinajstić information content (AvgIpc) is 2.56. The molecule has 0 amide bonds. The molecule has 1 heterocycles. The van der Waals surface area contributed by atoms with Crippen molar-refractivity contribution in [1.29, 1.82) is 0 Å². The summed E-state index contributed by atoms with van der Waals surface area (Å²) in [4.78, 5) is 23.7. The predicted molar refractivity (Wildman–Crippen MR) is 93.7 cm³/mol. The number of hydrogen-bond donors (Lipinski definition) is 0. The molecule has 8 heteroatoms. The number of methoxy groups -OCH3 is 1. The highest BCUT2D eigenvalue weighted by atomic mass is 32.2. The topological polar surface area (TPSA) is 85.7 Å². The fourth-order valence-corrected chi connectivity index (χ4v) is 3.22. The first-order valence-corrected chi connectivity index (χ1v) is 8.91. The Morgan fingerprint density at radius 3 is 2.44 bits per heavy atom. The van der Waals surface area contributed by atoms with Crippen molar-refractivity contribution in [3.05, 3.63) is 58.0 Å². The summed E-state index contributed by atoms with van der Waals surface area (Å²) in [5.41, 5.74) is 0.741. The molecule has 7 nitrogen and oxygen atoms in total. The van der Waals surface area contributed by atoms with Crippen LogP contribution in [0.1, 0.15) is 22.8 Å². The number of nitrogens with zero attached hydrogens (tertiary/aromatic N) is 2. The van der Waals surface area contributed by atoms with Gasteiger partial charge in [0.15, 0.2) is 5.78 Å². The monoisotopic (exact) mass is 364 g/mol. The number of benzene rings is 1. The van der Waals surface area contributed by atoms with Crippen LogP contribution in [0.25, 0.3) is 0 Å². The lowest BCUT2D eigenvalue weighted by Gasteiger charge is -2.15. The molecule has 0 aliphatic heterocycles. The van der Waals surface area contributed by atoms with Gasteiger partial charge in [-0.1, -0.05) is 0 Å². The van der Waals surface area contributed by atoms with Gasteiger partial charge in [0.05, 0.1) is 18.6 Å². The van der Waals surface area contributed by atoms with E-state index in [0.29, 0.717) is 16.9 Å². The van der Waals surface area contributed by atoms with Crippen LogP contribution in [0.5, 0.6) is 5.75 Å². The van der Waals surface area contributed by atoms with E-state index in [1.54, 1.807) is 18.2 Å². The van der Waals surface area contributed by atoms with Crippen molar-refractivity contribution in [3.63, 3.8) is 0 Å². The van der Waals surface area contributed by atoms with Crippen molar-refractivity contribution < 1.29 is 17.9 Å². The van der Waals surface area contributed by atoms with Crippen LogP contribution >= 0.6 is 0 Å². The number of carbonyl (C=O) groups excluding carboxylic acids is 1. The van der Waals surface area contributed by atoms with Gasteiger partial charge in [0, 0.05) is 37.5 Å². The summed E-state index contributed by atoms with van der Waals surface area (Å²) < 4.78 is 32.1. The van der Waals surface area contributed by atoms with Crippen LogP contribution in [0.2, 0.25) is 0 Å². The second-order valence-corrected chi connectivity index (χ2v) is 7.85. The summed E-state index contributed by atoms with van der Waals surface area (Å²) in [6, 6.07) is 7.41. The van der Waals surface area contributed by atoms with Crippen LogP contribution in [-0.4, -0.2) is 44.3 Å². The SMILES string of the molecule is COc1ccc(C(C)=O)cc1Cn1cc(S(=O)(=O)N(C)C)ccc1=O. The smallest absolute Gasteiger partial charge is 0.250 e. The Balaban J connectivity index is 2.53. The van der Waals surface area contributed by atoms with Crippen molar-refractivity contribution in [2.24, 2.45) is 0 Å². The highest BCUT2D eigenvalue weighted by molar-refractivity contribution is 7.89. The van der Waals surface area contributed by atoms with E-state index in [4.69, 9.17) is 4.74 Å². The normalized spacial score (nSPS) is 11.6. The van der Waals surface area contributed by atoms with E-state index in [2.05, 4.69) is 0 Å². The van der Waals surface area contributed by atoms with Crippen molar-refractivity contribution >= 4 is 15.8 Å². The summed E-state index contributed by atoms with van der Waals surface area (Å²) in [6.45, 7) is 1.53. The lowest BCUT2D eigenvalue weighted by atomic mass is 10.1. The molecule has 0 N–H and O–H groups in total. The molecule has 0 spiro atoms. The number of sulfonamides is 1. The van der Waals surface area contributed by atoms with Crippen LogP contribution < -0.4 is 10.3 Å². The first-order chi connectivity index (χ1) is 11.7. The maximum atomic E-state index is 12.3. The number of ether oxygens (including phenoxy) is 1. The number of carbonyl (C=O) groups is 1. The first kappa shape index (κ1) is 18.9. The van der Waals surface area contributed by atoms with Gasteiger partial charge in [-0.3, -0.25) is 9.59 Å². The molecule has 0 aliphatic rings. The number of ketones is 1. The lowest BCUT2D eigenvalue weighted by molar-refractivity contribution is 0.101. The van der Waals surface area contributed by atoms with Crippen LogP contribution in [0.15, 0.2) is 46.2 Å². The maximum Gasteiger partial charge on any atom is 0.250 e. The second kappa shape index (κ2) is 7.20. The standard InChI is InChI=1S/C17H20N2O5S/c1-12(20)13-5-7-16(24-4)14(9-13)10-19-11-15(6-8-17(19)21)25(22,23)18(2)3/h5-9,11H,10H2,1-4H3. The molecule has 0 saturated heterocycles. The zero-order valence-electron chi connectivity index (χ0n) is 14.5. The average molecular weight is 364 g/mol. The zero-order valence-corrected chi connectivity index (χ0v) is 15.3. The predicted octanol–water partition coefficient (Wildman–Crippen LogP) is 1.36. The van der Waals surface area contributed by atoms with Crippen LogP contribution in [0, 0.1) is 0 Å². The van der Waals surface area contributed by atoms with Gasteiger partial charge < -0.3 is 9.30 Å². The molecule has 0 bridgehead atoms. The second-order valence-electron chi connectivity index (χ2n) is 5.70. The molecule has 1 aromatic carbocycles. The van der Waals surface area contributed by atoms with Gasteiger partial charge in [0.2, 0.25) is 10.0 Å². The van der Waals surface area contributed by atoms with Crippen molar-refractivity contribution in [2.75, 3.05) is 21.2 Å². The fourth-order valence-electron chi connectivity index (χ4n) is 2.30. The largest absolute Gasteiger partial charge is 0.496 e. The van der Waals surface area contributed by atoms with E-state index in [-0.39, 0.29) is 22.8 Å². The van der Waals surface area contributed by atoms with Crippen molar-refractivity contribution in [3.8, 4) is 5.75 Å². The molecule has 0 unspecified atom stereocenters. The summed E-state index contributed by atoms with van der Waals surface area (Å²) >= 11 is 0. The summed E-state index contributed by atoms with van der Waals surface area (Å²) in [7, 11) is 0.672. The Morgan fingerprint density at radius 2 is 1.88 bits per heavy atom. The number of aromatic nitrogens is 1. The minimum atomic E-state index is -3.66. The zero-order chi connectivity index (χ0) is 18.8. The molecule has 0 fully saturated rings. The first-order valence-electron chi connectivity index (χ1n) is 7.47. The Kier molecular flexibility index (Phi) is 5.44. The molecular weight excluding hydrogens is 344 g/mol. The number of Topliss-reactive ketones (excluding diaryl/α,β-unsaturated/α-hetero) is 1. The molecule has 0 saturated carbocycles. The molecule has 2 rings (SSSR count). The molecule has 0 aliphatic carbocycles. The van der Waals surface area contributed by atoms with E-state index in [9.17, 15) is 18.0 Å². The van der Waals surface area contributed by atoms with Crippen molar-refractivity contribution in [2.45, 2.75) is 18.4 Å². The number of pyridine rings is 1. The van der Waals surface area contributed by atoms with Gasteiger partial charge in [0.25, 0.3) is 5.56 Å². The number of rotatable bonds is 6. The number of hydrogen-bond acceptors (Lipinski definition) is 5. The summed E-state index contributed by atoms with van der Waals surface area (Å²) in [5.74, 6) is 0.401. The van der Waals surface area contributed by atoms with E-state index < -0.39 is 10.0 Å². The Bertz CT molecular complexity index is 961. The Morgan fingerprint density at radius 1 is 1.20 bits per heavy atom. The van der Waals surface area contributed by atoms with E-state index in [0.717, 1.165) is 4.31 Å². The highest BCUT2D eigenvalue weighted by Gasteiger charge is 2.18. The molecule has 0 radical (unpaired) electrons. The van der Waals surface area contributed by atoms with Gasteiger partial charge in [-0.2, -0.15) is 0 Å². The van der Waals surface area contributed by atoms with E-state index in [1.807, 2.05) is 0 Å². The van der Waals surface area contributed by atoms with E-state index in [1.165, 1.54) is 51.0 Å². The third-order valence-corrected chi connectivity index (χ3v) is 5.56. The molecule has 2 aromatic rings. The van der Waals surface area contributed by atoms with Gasteiger partial charge in [-0.05, 0) is 31.2 Å². The molecule has 1 aromatic heterocycles. The van der Waals surface area contributed by atoms with E-state index >= 15 is 0 Å². The van der Waals surface area contributed by atoms with Crippen LogP contribution in [0.3, 0.4) is 0 Å². The molecule has 0 atom stereocenters. The Labute approximate surface area is 146 Å². The van der Waals surface area contributed by atoms with Crippen molar-refractivity contribution in [1.82, 2.24) is 8.87 Å². The van der Waals surface area contributed by atoms with Gasteiger partial charge in [-0.15, -0.1) is 0 Å². The molecule has 134 valence electrons. The van der Waals surface area contributed by atoms with Gasteiger partial charge >= 0.3 is 0 Å². The third kappa shape index (κ3) is 3.97. The Hall–Kier alpha value is -2.45. The van der Waals surface area contributed by atoms with Crippen LogP contribution in [-0.2, 0) is 16.6 Å². The highest BCUT2D eigenvalue weighted by Crippen LogP contribution is 2.21. The minimum Gasteiger partial charge on any atom is -0.496 e. The lowest BCUT2D eigenvalue weighted by Crippen LogP contribution is -2.26. The summed E-state index contributed by atoms with van der Waals surface area (Å²) in [6.07, 6.45) is 1.29. The summed E-state index contributed by atoms with van der Waals surface area (Å²) in [5, 5.41) is 0. The fraction of sp³-hybridized carbons (Fsp3) is 0.294. The molecule has 25 heavy (non-hydrogen) atoms. The maximum absolute atomic E-state index is 12.3. The molecular formula is C17H20N2O5S. The van der Waals surface area contributed by atoms with Crippen LogP contribution in [0.4, 0.5) is 0 Å². The minimum absolute atomic E-state index is 0.0128. The quantitative estimate of drug-likeness (QED) is 0.723. The third-order valence-electron chi connectivity index (χ3n) is 3.76. The van der Waals surface area contributed by atoms with Gasteiger partial charge in [-0.25, -0.2) is 12.7 Å². The van der Waals surface area contributed by atoms with Gasteiger partial charge in [0.1, 0.15) is 5.75 Å².